The normalized spacial score (nSPS) is 15.1. The average Bonchev–Trinajstić information content (AvgIpc) is 2.91. The first kappa shape index (κ1) is 23.1. The molecule has 0 bridgehead atoms. The second kappa shape index (κ2) is 9.69. The lowest BCUT2D eigenvalue weighted by atomic mass is 10.1. The number of hydrogen-bond donors (Lipinski definition) is 1. The Morgan fingerprint density at radius 3 is 2.60 bits per heavy atom. The van der Waals surface area contributed by atoms with E-state index >= 15 is 0 Å². The molecule has 30 heavy (non-hydrogen) atoms. The van der Waals surface area contributed by atoms with E-state index in [2.05, 4.69) is 50.5 Å². The molecule has 2 aromatic carbocycles. The van der Waals surface area contributed by atoms with E-state index in [0.29, 0.717) is 17.0 Å². The van der Waals surface area contributed by atoms with Crippen molar-refractivity contribution >= 4 is 85.8 Å². The van der Waals surface area contributed by atoms with Crippen molar-refractivity contribution in [3.63, 3.8) is 0 Å². The fraction of sp³-hybridized carbons (Fsp3) is 0.190. The second-order valence-corrected chi connectivity index (χ2v) is 10.0. The van der Waals surface area contributed by atoms with Gasteiger partial charge in [0.25, 0.3) is 11.1 Å². The highest BCUT2D eigenvalue weighted by Crippen LogP contribution is 2.36. The van der Waals surface area contributed by atoms with Gasteiger partial charge in [-0.25, -0.2) is 0 Å². The van der Waals surface area contributed by atoms with Crippen molar-refractivity contribution in [2.45, 2.75) is 13.8 Å². The smallest absolute Gasteiger partial charge is 0.294 e. The van der Waals surface area contributed by atoms with E-state index in [-0.39, 0.29) is 11.4 Å². The zero-order valence-electron chi connectivity index (χ0n) is 16.4. The molecule has 0 aliphatic carbocycles. The zero-order chi connectivity index (χ0) is 22.0. The monoisotopic (exact) mass is 648 g/mol. The maximum absolute atomic E-state index is 12.8. The number of halogens is 2. The molecule has 1 N–H and O–H groups in total. The topological polar surface area (TPSA) is 75.7 Å². The van der Waals surface area contributed by atoms with Crippen molar-refractivity contribution in [1.82, 2.24) is 4.90 Å². The fourth-order valence-electron chi connectivity index (χ4n) is 2.97. The van der Waals surface area contributed by atoms with E-state index in [1.807, 2.05) is 38.1 Å². The molecule has 0 radical (unpaired) electrons. The molecule has 0 unspecified atom stereocenters. The Labute approximate surface area is 206 Å². The molecule has 1 fully saturated rings. The lowest BCUT2D eigenvalue weighted by Gasteiger charge is -2.14. The Hall–Kier alpha value is -1.60. The summed E-state index contributed by atoms with van der Waals surface area (Å²) in [5.74, 6) is -0.279. The van der Waals surface area contributed by atoms with E-state index < -0.39 is 17.1 Å². The number of imide groups is 1. The second-order valence-electron chi connectivity index (χ2n) is 6.64. The minimum Gasteiger partial charge on any atom is -0.495 e. The van der Waals surface area contributed by atoms with E-state index in [4.69, 9.17) is 4.74 Å². The van der Waals surface area contributed by atoms with Crippen LogP contribution < -0.4 is 10.1 Å². The molecule has 2 aromatic rings. The Kier molecular flexibility index (Phi) is 7.45. The largest absolute Gasteiger partial charge is 0.495 e. The predicted molar refractivity (Wildman–Crippen MR) is 136 cm³/mol. The third-order valence-electron chi connectivity index (χ3n) is 4.36. The minimum absolute atomic E-state index is 0.260. The zero-order valence-corrected chi connectivity index (χ0v) is 21.5. The molecule has 3 amide bonds. The number of thioether (sulfide) groups is 1. The number of aryl methyl sites for hydroxylation is 2. The molecule has 3 rings (SSSR count). The van der Waals surface area contributed by atoms with Crippen molar-refractivity contribution in [2.75, 3.05) is 19.0 Å². The van der Waals surface area contributed by atoms with Gasteiger partial charge in [0.15, 0.2) is 0 Å². The predicted octanol–water partition coefficient (Wildman–Crippen LogP) is 5.20. The lowest BCUT2D eigenvalue weighted by Crippen LogP contribution is -2.36. The van der Waals surface area contributed by atoms with Crippen molar-refractivity contribution in [1.29, 1.82) is 0 Å². The number of carbonyl (C=O) groups is 3. The molecule has 9 heteroatoms. The molecule has 0 atom stereocenters. The number of ether oxygens (including phenoxy) is 1. The van der Waals surface area contributed by atoms with E-state index in [1.165, 1.54) is 0 Å². The van der Waals surface area contributed by atoms with Crippen LogP contribution in [0.3, 0.4) is 0 Å². The molecule has 156 valence electrons. The van der Waals surface area contributed by atoms with Gasteiger partial charge in [0.05, 0.1) is 15.6 Å². The van der Waals surface area contributed by atoms with Crippen LogP contribution in [0.1, 0.15) is 16.7 Å². The highest BCUT2D eigenvalue weighted by Gasteiger charge is 2.36. The van der Waals surface area contributed by atoms with Crippen LogP contribution in [0.4, 0.5) is 10.5 Å². The van der Waals surface area contributed by atoms with Gasteiger partial charge in [-0.3, -0.25) is 19.3 Å². The third-order valence-corrected chi connectivity index (χ3v) is 6.69. The molecule has 1 aliphatic heterocycles. The van der Waals surface area contributed by atoms with Crippen LogP contribution in [0.15, 0.2) is 35.2 Å². The average molecular weight is 648 g/mol. The Morgan fingerprint density at radius 2 is 1.93 bits per heavy atom. The summed E-state index contributed by atoms with van der Waals surface area (Å²) in [6.45, 7) is 3.52. The van der Waals surface area contributed by atoms with Crippen LogP contribution >= 0.6 is 56.9 Å². The number of anilines is 1. The van der Waals surface area contributed by atoms with Gasteiger partial charge >= 0.3 is 0 Å². The molecule has 1 heterocycles. The van der Waals surface area contributed by atoms with Gasteiger partial charge in [0.2, 0.25) is 5.91 Å². The number of amides is 3. The summed E-state index contributed by atoms with van der Waals surface area (Å²) in [7, 11) is 1.56. The quantitative estimate of drug-likeness (QED) is 0.357. The molecule has 0 aromatic heterocycles. The van der Waals surface area contributed by atoms with Crippen molar-refractivity contribution in [2.24, 2.45) is 0 Å². The number of nitrogens with one attached hydrogen (secondary N) is 1. The SMILES string of the molecule is COc1c(I)cc(I)cc1/C=C1/SC(=O)N(CC(=O)Nc2ccc(C)cc2C)C1=O. The number of carbonyl (C=O) groups excluding carboxylic acids is 3. The van der Waals surface area contributed by atoms with Crippen LogP contribution in [0, 0.1) is 21.0 Å². The molecular weight excluding hydrogens is 630 g/mol. The molecule has 1 saturated heterocycles. The van der Waals surface area contributed by atoms with E-state index in [0.717, 1.165) is 34.9 Å². The molecule has 0 saturated carbocycles. The standard InChI is InChI=1S/C21H18I2N2O4S/c1-11-4-5-16(12(2)6-11)24-18(26)10-25-20(27)17(30-21(25)28)8-13-7-14(22)9-15(23)19(13)29-3/h4-9H,10H2,1-3H3,(H,24,26)/b17-8+. The number of methoxy groups -OCH3 is 1. The fourth-order valence-corrected chi connectivity index (χ4v) is 5.91. The number of rotatable bonds is 5. The maximum atomic E-state index is 12.8. The summed E-state index contributed by atoms with van der Waals surface area (Å²) in [6.07, 6.45) is 1.64. The highest BCUT2D eigenvalue weighted by molar-refractivity contribution is 14.1. The van der Waals surface area contributed by atoms with Gasteiger partial charge in [0.1, 0.15) is 12.3 Å². The first-order chi connectivity index (χ1) is 14.2. The van der Waals surface area contributed by atoms with Crippen LogP contribution in [-0.2, 0) is 9.59 Å². The van der Waals surface area contributed by atoms with Crippen LogP contribution in [0.2, 0.25) is 0 Å². The summed E-state index contributed by atoms with van der Waals surface area (Å²) < 4.78 is 7.33. The Bertz CT molecular complexity index is 1080. The summed E-state index contributed by atoms with van der Waals surface area (Å²) in [4.78, 5) is 38.8. The number of hydrogen-bond acceptors (Lipinski definition) is 5. The number of nitrogens with zero attached hydrogens (tertiary/aromatic N) is 1. The van der Waals surface area contributed by atoms with Crippen LogP contribution in [-0.4, -0.2) is 35.6 Å². The van der Waals surface area contributed by atoms with Gasteiger partial charge < -0.3 is 10.1 Å². The van der Waals surface area contributed by atoms with Crippen LogP contribution in [0.5, 0.6) is 5.75 Å². The Morgan fingerprint density at radius 1 is 1.20 bits per heavy atom. The minimum atomic E-state index is -0.489. The first-order valence-electron chi connectivity index (χ1n) is 8.85. The van der Waals surface area contributed by atoms with Gasteiger partial charge in [-0.15, -0.1) is 0 Å². The third kappa shape index (κ3) is 5.17. The van der Waals surface area contributed by atoms with E-state index in [1.54, 1.807) is 19.3 Å². The van der Waals surface area contributed by atoms with Crippen molar-refractivity contribution in [3.8, 4) is 5.75 Å². The maximum Gasteiger partial charge on any atom is 0.294 e. The van der Waals surface area contributed by atoms with Crippen LogP contribution in [0.25, 0.3) is 6.08 Å². The van der Waals surface area contributed by atoms with Crippen molar-refractivity contribution < 1.29 is 19.1 Å². The molecular formula is C21H18I2N2O4S. The van der Waals surface area contributed by atoms with Gasteiger partial charge in [-0.2, -0.15) is 0 Å². The number of benzene rings is 2. The highest BCUT2D eigenvalue weighted by atomic mass is 127. The lowest BCUT2D eigenvalue weighted by molar-refractivity contribution is -0.127. The molecule has 1 aliphatic rings. The van der Waals surface area contributed by atoms with Gasteiger partial charge in [-0.1, -0.05) is 17.7 Å². The van der Waals surface area contributed by atoms with Gasteiger partial charge in [0, 0.05) is 14.8 Å². The van der Waals surface area contributed by atoms with Gasteiger partial charge in [-0.05, 0) is 101 Å². The molecule has 6 nitrogen and oxygen atoms in total. The summed E-state index contributed by atoms with van der Waals surface area (Å²) in [6, 6.07) is 9.49. The first-order valence-corrected chi connectivity index (χ1v) is 11.8. The van der Waals surface area contributed by atoms with Crippen molar-refractivity contribution in [3.05, 3.63) is 59.1 Å². The summed E-state index contributed by atoms with van der Waals surface area (Å²) in [5, 5.41) is 2.30. The summed E-state index contributed by atoms with van der Waals surface area (Å²) in [5.41, 5.74) is 3.37. The van der Waals surface area contributed by atoms with E-state index in [9.17, 15) is 14.4 Å². The Balaban J connectivity index is 1.78. The summed E-state index contributed by atoms with van der Waals surface area (Å²) >= 11 is 5.16. The molecule has 0 spiro atoms.